The van der Waals surface area contributed by atoms with E-state index in [1.807, 2.05) is 48.3 Å². The Morgan fingerprint density at radius 1 is 1.00 bits per heavy atom. The van der Waals surface area contributed by atoms with Crippen molar-refractivity contribution >= 4 is 35.2 Å². The van der Waals surface area contributed by atoms with Gasteiger partial charge in [-0.25, -0.2) is 0 Å². The zero-order valence-electron chi connectivity index (χ0n) is 13.1. The minimum absolute atomic E-state index is 0.178. The van der Waals surface area contributed by atoms with Crippen LogP contribution in [-0.2, 0) is 4.79 Å². The van der Waals surface area contributed by atoms with Gasteiger partial charge in [-0.05, 0) is 54.6 Å². The second kappa shape index (κ2) is 9.21. The molecule has 2 aromatic rings. The van der Waals surface area contributed by atoms with Gasteiger partial charge in [-0.15, -0.1) is 0 Å². The monoisotopic (exact) mass is 365 g/mol. The van der Waals surface area contributed by atoms with Gasteiger partial charge < -0.3 is 19.2 Å². The zero-order chi connectivity index (χ0) is 17.4. The minimum atomic E-state index is 0.178. The molecule has 0 spiro atoms. The lowest BCUT2D eigenvalue weighted by atomic mass is 10.2. The maximum atomic E-state index is 10.5. The molecule has 0 aromatic heterocycles. The minimum Gasteiger partial charge on any atom is -0.489 e. The summed E-state index contributed by atoms with van der Waals surface area (Å²) >= 11 is 11.0. The van der Waals surface area contributed by atoms with Crippen molar-refractivity contribution in [1.29, 1.82) is 0 Å². The summed E-state index contributed by atoms with van der Waals surface area (Å²) in [5.74, 6) is 2.10. The van der Waals surface area contributed by atoms with Crippen molar-refractivity contribution in [1.82, 2.24) is 0 Å². The molecular formula is C18H17Cl2NO3. The number of ether oxygens (including phenoxy) is 2. The summed E-state index contributed by atoms with van der Waals surface area (Å²) in [6, 6.07) is 14.7. The number of aldehydes is 1. The van der Waals surface area contributed by atoms with E-state index < -0.39 is 0 Å². The fourth-order valence-electron chi connectivity index (χ4n) is 1.93. The van der Waals surface area contributed by atoms with Crippen LogP contribution >= 0.6 is 23.2 Å². The third kappa shape index (κ3) is 5.80. The molecule has 2 aromatic carbocycles. The average Bonchev–Trinajstić information content (AvgIpc) is 2.57. The molecule has 4 nitrogen and oxygen atoms in total. The number of hydrogen-bond donors (Lipinski definition) is 0. The molecule has 0 atom stereocenters. The first kappa shape index (κ1) is 18.2. The highest BCUT2D eigenvalue weighted by Crippen LogP contribution is 2.25. The Morgan fingerprint density at radius 3 is 2.08 bits per heavy atom. The van der Waals surface area contributed by atoms with E-state index in [4.69, 9.17) is 32.7 Å². The van der Waals surface area contributed by atoms with Gasteiger partial charge in [-0.1, -0.05) is 23.2 Å². The molecule has 0 N–H and O–H groups in total. The highest BCUT2D eigenvalue weighted by Gasteiger charge is 2.02. The Bertz CT molecular complexity index is 680. The summed E-state index contributed by atoms with van der Waals surface area (Å²) in [6.45, 7) is 0.657. The molecular weight excluding hydrogens is 349 g/mol. The average molecular weight is 366 g/mol. The van der Waals surface area contributed by atoms with E-state index in [1.165, 1.54) is 0 Å². The highest BCUT2D eigenvalue weighted by atomic mass is 35.5. The molecule has 0 saturated carbocycles. The molecule has 0 heterocycles. The van der Waals surface area contributed by atoms with E-state index in [0.29, 0.717) is 30.4 Å². The number of likely N-dealkylation sites (N-methyl/N-ethyl adjacent to an activating group) is 1. The molecule has 2 rings (SSSR count). The van der Waals surface area contributed by atoms with Crippen LogP contribution in [0.1, 0.15) is 0 Å². The van der Waals surface area contributed by atoms with Crippen molar-refractivity contribution in [2.75, 3.05) is 25.1 Å². The van der Waals surface area contributed by atoms with Crippen molar-refractivity contribution in [3.8, 4) is 17.2 Å². The van der Waals surface area contributed by atoms with E-state index in [0.717, 1.165) is 12.0 Å². The number of hydrogen-bond acceptors (Lipinski definition) is 4. The van der Waals surface area contributed by atoms with Gasteiger partial charge >= 0.3 is 0 Å². The summed E-state index contributed by atoms with van der Waals surface area (Å²) < 4.78 is 11.4. The molecule has 0 bridgehead atoms. The fourth-order valence-corrected chi connectivity index (χ4v) is 2.05. The first-order chi connectivity index (χ1) is 11.6. The Hall–Kier alpha value is -2.17. The van der Waals surface area contributed by atoms with Crippen LogP contribution in [0, 0.1) is 0 Å². The molecule has 0 radical (unpaired) electrons. The molecule has 0 aliphatic rings. The fraction of sp³-hybridized carbons (Fsp3) is 0.167. The predicted octanol–water partition coefficient (Wildman–Crippen LogP) is 4.81. The van der Waals surface area contributed by atoms with Crippen LogP contribution in [0.25, 0.3) is 0 Å². The summed E-state index contributed by atoms with van der Waals surface area (Å²) in [5, 5.41) is 0. The number of carbonyl (C=O) groups excluding carboxylic acids is 1. The Morgan fingerprint density at radius 2 is 1.54 bits per heavy atom. The maximum Gasteiger partial charge on any atom is 0.139 e. The first-order valence-corrected chi connectivity index (χ1v) is 8.01. The van der Waals surface area contributed by atoms with Gasteiger partial charge in [0, 0.05) is 12.7 Å². The SMILES string of the molecule is CN(CC=O)c1ccc(Oc2ccc(OCC=C(Cl)Cl)cc2)cc1. The smallest absolute Gasteiger partial charge is 0.139 e. The standard InChI is InChI=1S/C18H17Cl2NO3/c1-21(11-12-22)14-2-4-16(5-3-14)24-17-8-6-15(7-9-17)23-13-10-18(19)20/h2-10,12H,11,13H2,1H3. The molecule has 24 heavy (non-hydrogen) atoms. The van der Waals surface area contributed by atoms with E-state index in [-0.39, 0.29) is 4.49 Å². The first-order valence-electron chi connectivity index (χ1n) is 7.25. The number of halogens is 2. The molecule has 0 unspecified atom stereocenters. The zero-order valence-corrected chi connectivity index (χ0v) is 14.6. The molecule has 0 aliphatic heterocycles. The van der Waals surface area contributed by atoms with Crippen molar-refractivity contribution in [3.05, 3.63) is 59.1 Å². The quantitative estimate of drug-likeness (QED) is 0.629. The second-order valence-corrected chi connectivity index (χ2v) is 5.93. The Balaban J connectivity index is 1.93. The van der Waals surface area contributed by atoms with Crippen LogP contribution in [-0.4, -0.2) is 26.5 Å². The summed E-state index contributed by atoms with van der Waals surface area (Å²) in [7, 11) is 1.86. The number of benzene rings is 2. The molecule has 0 aliphatic carbocycles. The predicted molar refractivity (Wildman–Crippen MR) is 97.6 cm³/mol. The lowest BCUT2D eigenvalue weighted by Gasteiger charge is -2.16. The lowest BCUT2D eigenvalue weighted by molar-refractivity contribution is -0.106. The van der Waals surface area contributed by atoms with E-state index in [2.05, 4.69) is 0 Å². The maximum absolute atomic E-state index is 10.5. The molecule has 126 valence electrons. The summed E-state index contributed by atoms with van der Waals surface area (Å²) in [4.78, 5) is 12.4. The van der Waals surface area contributed by atoms with Gasteiger partial charge in [0.2, 0.25) is 0 Å². The topological polar surface area (TPSA) is 38.8 Å². The number of nitrogens with zero attached hydrogens (tertiary/aromatic N) is 1. The van der Waals surface area contributed by atoms with Crippen LogP contribution in [0.15, 0.2) is 59.1 Å². The van der Waals surface area contributed by atoms with Crippen LogP contribution in [0.4, 0.5) is 5.69 Å². The largest absolute Gasteiger partial charge is 0.489 e. The molecule has 6 heteroatoms. The van der Waals surface area contributed by atoms with Gasteiger partial charge in [0.25, 0.3) is 0 Å². The van der Waals surface area contributed by atoms with Crippen LogP contribution in [0.2, 0.25) is 0 Å². The van der Waals surface area contributed by atoms with E-state index >= 15 is 0 Å². The second-order valence-electron chi connectivity index (χ2n) is 4.92. The summed E-state index contributed by atoms with van der Waals surface area (Å²) in [5.41, 5.74) is 0.948. The van der Waals surface area contributed by atoms with Gasteiger partial charge in [-0.3, -0.25) is 0 Å². The third-order valence-electron chi connectivity index (χ3n) is 3.17. The van der Waals surface area contributed by atoms with E-state index in [9.17, 15) is 4.79 Å². The van der Waals surface area contributed by atoms with Crippen molar-refractivity contribution in [2.24, 2.45) is 0 Å². The number of carbonyl (C=O) groups is 1. The Labute approximate surface area is 151 Å². The van der Waals surface area contributed by atoms with Crippen LogP contribution < -0.4 is 14.4 Å². The van der Waals surface area contributed by atoms with E-state index in [1.54, 1.807) is 18.2 Å². The Kier molecular flexibility index (Phi) is 6.97. The lowest BCUT2D eigenvalue weighted by Crippen LogP contribution is -2.18. The van der Waals surface area contributed by atoms with Crippen LogP contribution in [0.5, 0.6) is 17.2 Å². The number of rotatable bonds is 8. The van der Waals surface area contributed by atoms with Crippen molar-refractivity contribution < 1.29 is 14.3 Å². The third-order valence-corrected chi connectivity index (χ3v) is 3.48. The van der Waals surface area contributed by atoms with Crippen molar-refractivity contribution in [3.63, 3.8) is 0 Å². The van der Waals surface area contributed by atoms with Gasteiger partial charge in [0.1, 0.15) is 34.6 Å². The number of anilines is 1. The van der Waals surface area contributed by atoms with Crippen LogP contribution in [0.3, 0.4) is 0 Å². The molecule has 0 saturated heterocycles. The highest BCUT2D eigenvalue weighted by molar-refractivity contribution is 6.55. The van der Waals surface area contributed by atoms with Gasteiger partial charge in [0.05, 0.1) is 6.54 Å². The molecule has 0 amide bonds. The molecule has 0 fully saturated rings. The van der Waals surface area contributed by atoms with Gasteiger partial charge in [0.15, 0.2) is 0 Å². The van der Waals surface area contributed by atoms with Crippen molar-refractivity contribution in [2.45, 2.75) is 0 Å². The van der Waals surface area contributed by atoms with Gasteiger partial charge in [-0.2, -0.15) is 0 Å². The summed E-state index contributed by atoms with van der Waals surface area (Å²) in [6.07, 6.45) is 2.43. The normalized spacial score (nSPS) is 9.96.